The lowest BCUT2D eigenvalue weighted by atomic mass is 10.2. The second-order valence-corrected chi connectivity index (χ2v) is 4.13. The maximum atomic E-state index is 11.4. The van der Waals surface area contributed by atoms with Gasteiger partial charge in [0.1, 0.15) is 5.71 Å². The molecule has 0 atom stereocenters. The van der Waals surface area contributed by atoms with Gasteiger partial charge >= 0.3 is 0 Å². The zero-order valence-corrected chi connectivity index (χ0v) is 10.5. The number of carbonyl (C=O) groups excluding carboxylic acids is 1. The highest BCUT2D eigenvalue weighted by molar-refractivity contribution is 6.42. The monoisotopic (exact) mass is 262 g/mol. The summed E-state index contributed by atoms with van der Waals surface area (Å²) in [4.78, 5) is 11.4. The van der Waals surface area contributed by atoms with E-state index in [9.17, 15) is 4.79 Å². The smallest absolute Gasteiger partial charge is 0.186 e. The summed E-state index contributed by atoms with van der Waals surface area (Å²) in [6.45, 7) is 1.63. The van der Waals surface area contributed by atoms with Crippen molar-refractivity contribution >= 4 is 35.1 Å². The molecule has 1 aromatic rings. The van der Waals surface area contributed by atoms with Crippen LogP contribution in [0.5, 0.6) is 0 Å². The molecule has 2 rings (SSSR count). The minimum absolute atomic E-state index is 0.0551. The highest BCUT2D eigenvalue weighted by Gasteiger charge is 2.14. The Morgan fingerprint density at radius 1 is 1.39 bits per heavy atom. The van der Waals surface area contributed by atoms with E-state index in [1.807, 2.05) is 18.2 Å². The number of nitrogens with one attached hydrogen (secondary N) is 1. The van der Waals surface area contributed by atoms with Crippen molar-refractivity contribution in [3.63, 3.8) is 0 Å². The molecule has 1 aliphatic rings. The minimum Gasteiger partial charge on any atom is -0.292 e. The third-order valence-electron chi connectivity index (χ3n) is 2.35. The fourth-order valence-corrected chi connectivity index (χ4v) is 1.51. The van der Waals surface area contributed by atoms with Crippen LogP contribution in [-0.4, -0.2) is 23.5 Å². The highest BCUT2D eigenvalue weighted by atomic mass is 35.5. The van der Waals surface area contributed by atoms with Crippen molar-refractivity contribution in [2.24, 2.45) is 15.3 Å². The van der Waals surface area contributed by atoms with Crippen molar-refractivity contribution in [2.45, 2.75) is 13.3 Å². The van der Waals surface area contributed by atoms with Crippen LogP contribution < -0.4 is 5.43 Å². The average molecular weight is 263 g/mol. The van der Waals surface area contributed by atoms with Gasteiger partial charge in [-0.3, -0.25) is 10.2 Å². The van der Waals surface area contributed by atoms with Crippen LogP contribution in [0.2, 0.25) is 5.02 Å². The molecule has 1 heterocycles. The van der Waals surface area contributed by atoms with Gasteiger partial charge in [0.05, 0.1) is 12.6 Å². The molecule has 0 aliphatic carbocycles. The number of hydrogen-bond donors (Lipinski definition) is 1. The number of nitrogens with zero attached hydrogens (tertiary/aromatic N) is 3. The van der Waals surface area contributed by atoms with Crippen LogP contribution in [0.1, 0.15) is 18.9 Å². The van der Waals surface area contributed by atoms with E-state index < -0.39 is 0 Å². The van der Waals surface area contributed by atoms with E-state index in [1.54, 1.807) is 19.2 Å². The van der Waals surface area contributed by atoms with E-state index in [4.69, 9.17) is 11.6 Å². The SMILES string of the molecule is CC1=NN=C(N/N=C/c2ccccc2Cl)CC1=O. The Hall–Kier alpha value is -2.01. The van der Waals surface area contributed by atoms with Gasteiger partial charge in [-0.1, -0.05) is 29.8 Å². The standard InChI is InChI=1S/C12H11ClN4O/c1-8-11(18)6-12(17-15-8)16-14-7-9-4-2-3-5-10(9)13/h2-5,7H,6H2,1H3,(H,16,17)/b14-7+. The topological polar surface area (TPSA) is 66.2 Å². The largest absolute Gasteiger partial charge is 0.292 e. The number of benzene rings is 1. The maximum Gasteiger partial charge on any atom is 0.186 e. The first-order chi connectivity index (χ1) is 8.66. The van der Waals surface area contributed by atoms with Crippen LogP contribution in [0, 0.1) is 0 Å². The number of carbonyl (C=O) groups is 1. The van der Waals surface area contributed by atoms with Gasteiger partial charge in [-0.15, -0.1) is 5.10 Å². The van der Waals surface area contributed by atoms with Gasteiger partial charge in [0.15, 0.2) is 11.6 Å². The van der Waals surface area contributed by atoms with Crippen molar-refractivity contribution < 1.29 is 4.79 Å². The summed E-state index contributed by atoms with van der Waals surface area (Å²) in [5.41, 5.74) is 3.88. The molecule has 0 unspecified atom stereocenters. The zero-order chi connectivity index (χ0) is 13.0. The van der Waals surface area contributed by atoms with Crippen LogP contribution in [-0.2, 0) is 4.79 Å². The van der Waals surface area contributed by atoms with Gasteiger partial charge in [-0.2, -0.15) is 10.2 Å². The maximum absolute atomic E-state index is 11.4. The molecule has 1 N–H and O–H groups in total. The van der Waals surface area contributed by atoms with Crippen LogP contribution in [0.4, 0.5) is 0 Å². The third kappa shape index (κ3) is 3.01. The van der Waals surface area contributed by atoms with Crippen molar-refractivity contribution in [3.8, 4) is 0 Å². The lowest BCUT2D eigenvalue weighted by Crippen LogP contribution is -2.27. The van der Waals surface area contributed by atoms with Gasteiger partial charge in [0.2, 0.25) is 0 Å². The van der Waals surface area contributed by atoms with Crippen molar-refractivity contribution in [3.05, 3.63) is 34.9 Å². The minimum atomic E-state index is -0.0551. The molecule has 6 heteroatoms. The van der Waals surface area contributed by atoms with Crippen LogP contribution in [0.25, 0.3) is 0 Å². The quantitative estimate of drug-likeness (QED) is 0.654. The number of hydrogen-bond acceptors (Lipinski definition) is 5. The first-order valence-electron chi connectivity index (χ1n) is 5.35. The molecule has 0 saturated carbocycles. The van der Waals surface area contributed by atoms with E-state index in [0.29, 0.717) is 16.6 Å². The molecular formula is C12H11ClN4O. The first kappa shape index (κ1) is 12.4. The van der Waals surface area contributed by atoms with Gasteiger partial charge < -0.3 is 0 Å². The fourth-order valence-electron chi connectivity index (χ4n) is 1.32. The predicted octanol–water partition coefficient (Wildman–Crippen LogP) is 2.01. The molecular weight excluding hydrogens is 252 g/mol. The van der Waals surface area contributed by atoms with Gasteiger partial charge in [-0.05, 0) is 13.0 Å². The Morgan fingerprint density at radius 2 is 2.17 bits per heavy atom. The summed E-state index contributed by atoms with van der Waals surface area (Å²) >= 11 is 5.96. The molecule has 0 bridgehead atoms. The number of ketones is 1. The van der Waals surface area contributed by atoms with Crippen LogP contribution >= 0.6 is 11.6 Å². The van der Waals surface area contributed by atoms with Crippen molar-refractivity contribution in [1.29, 1.82) is 0 Å². The Kier molecular flexibility index (Phi) is 3.84. The van der Waals surface area contributed by atoms with E-state index in [2.05, 4.69) is 20.7 Å². The number of rotatable bonds is 2. The Morgan fingerprint density at radius 3 is 2.89 bits per heavy atom. The number of amidine groups is 1. The third-order valence-corrected chi connectivity index (χ3v) is 2.70. The fraction of sp³-hybridized carbons (Fsp3) is 0.167. The predicted molar refractivity (Wildman–Crippen MR) is 72.3 cm³/mol. The first-order valence-corrected chi connectivity index (χ1v) is 5.72. The zero-order valence-electron chi connectivity index (χ0n) is 9.72. The Balaban J connectivity index is 2.01. The van der Waals surface area contributed by atoms with Crippen molar-refractivity contribution in [2.75, 3.05) is 0 Å². The van der Waals surface area contributed by atoms with Crippen molar-refractivity contribution in [1.82, 2.24) is 5.43 Å². The average Bonchev–Trinajstić information content (AvgIpc) is 2.36. The molecule has 1 aromatic carbocycles. The molecule has 0 amide bonds. The summed E-state index contributed by atoms with van der Waals surface area (Å²) < 4.78 is 0. The van der Waals surface area contributed by atoms with Crippen LogP contribution in [0.3, 0.4) is 0 Å². The van der Waals surface area contributed by atoms with E-state index >= 15 is 0 Å². The van der Waals surface area contributed by atoms with E-state index in [-0.39, 0.29) is 12.2 Å². The summed E-state index contributed by atoms with van der Waals surface area (Å²) in [5.74, 6) is 0.370. The van der Waals surface area contributed by atoms with Gasteiger partial charge in [-0.25, -0.2) is 0 Å². The van der Waals surface area contributed by atoms with Gasteiger partial charge in [0, 0.05) is 10.6 Å². The number of halogens is 1. The second kappa shape index (κ2) is 5.55. The molecule has 0 saturated heterocycles. The summed E-state index contributed by atoms with van der Waals surface area (Å²) in [7, 11) is 0. The second-order valence-electron chi connectivity index (χ2n) is 3.72. The number of hydrazone groups is 1. The molecule has 0 spiro atoms. The molecule has 1 aliphatic heterocycles. The van der Waals surface area contributed by atoms with Crippen LogP contribution in [0.15, 0.2) is 39.6 Å². The lowest BCUT2D eigenvalue weighted by Gasteiger charge is -2.07. The number of Topliss-reactive ketones (excluding diaryl/α,β-unsaturated/α-hetero) is 1. The summed E-state index contributed by atoms with van der Waals surface area (Å²) in [6.07, 6.45) is 1.76. The Labute approximate surface area is 109 Å². The summed E-state index contributed by atoms with van der Waals surface area (Å²) in [6, 6.07) is 7.32. The molecule has 0 fully saturated rings. The molecule has 92 valence electrons. The van der Waals surface area contributed by atoms with E-state index in [0.717, 1.165) is 5.56 Å². The molecule has 18 heavy (non-hydrogen) atoms. The summed E-state index contributed by atoms with van der Waals surface area (Å²) in [5, 5.41) is 12.2. The van der Waals surface area contributed by atoms with Gasteiger partial charge in [0.25, 0.3) is 0 Å². The molecule has 0 radical (unpaired) electrons. The highest BCUT2D eigenvalue weighted by Crippen LogP contribution is 2.12. The van der Waals surface area contributed by atoms with E-state index in [1.165, 1.54) is 0 Å². The lowest BCUT2D eigenvalue weighted by molar-refractivity contribution is -0.112. The molecule has 0 aromatic heterocycles. The Bertz CT molecular complexity index is 563. The molecule has 5 nitrogen and oxygen atoms in total. The normalized spacial score (nSPS) is 15.6.